The van der Waals surface area contributed by atoms with Crippen molar-refractivity contribution in [3.05, 3.63) is 63.7 Å². The minimum absolute atomic E-state index is 0.00982. The summed E-state index contributed by atoms with van der Waals surface area (Å²) in [6, 6.07) is 8.58. The van der Waals surface area contributed by atoms with E-state index in [9.17, 15) is 28.1 Å². The summed E-state index contributed by atoms with van der Waals surface area (Å²) in [5, 5.41) is 13.7. The van der Waals surface area contributed by atoms with Crippen molar-refractivity contribution in [1.29, 1.82) is 0 Å². The second-order valence-corrected chi connectivity index (χ2v) is 8.35. The molecule has 0 aliphatic carbocycles. The number of hydrogen-bond donors (Lipinski definition) is 1. The summed E-state index contributed by atoms with van der Waals surface area (Å²) < 4.78 is 30.5. The van der Waals surface area contributed by atoms with E-state index >= 15 is 0 Å². The Morgan fingerprint density at radius 1 is 1.20 bits per heavy atom. The number of benzene rings is 2. The Morgan fingerprint density at radius 3 is 2.40 bits per heavy atom. The monoisotopic (exact) mass is 435 g/mol. The van der Waals surface area contributed by atoms with E-state index in [0.717, 1.165) is 16.6 Å². The molecule has 0 saturated heterocycles. The number of rotatable bonds is 7. The number of carbonyl (C=O) groups excluding carboxylic acids is 2. The second kappa shape index (κ2) is 8.91. The van der Waals surface area contributed by atoms with E-state index in [1.54, 1.807) is 19.1 Å². The number of hydrogen-bond acceptors (Lipinski definition) is 7. The zero-order chi connectivity index (χ0) is 22.6. The lowest BCUT2D eigenvalue weighted by atomic mass is 10.1. The Balaban J connectivity index is 2.46. The van der Waals surface area contributed by atoms with Gasteiger partial charge in [0.2, 0.25) is 15.9 Å². The van der Waals surface area contributed by atoms with Crippen LogP contribution in [0.2, 0.25) is 0 Å². The molecule has 1 N–H and O–H groups in total. The van der Waals surface area contributed by atoms with Gasteiger partial charge in [-0.05, 0) is 31.5 Å². The number of nitro benzene ring substituents is 1. The lowest BCUT2D eigenvalue weighted by molar-refractivity contribution is -0.384. The van der Waals surface area contributed by atoms with Crippen LogP contribution in [-0.2, 0) is 19.6 Å². The lowest BCUT2D eigenvalue weighted by Crippen LogP contribution is -2.45. The Kier molecular flexibility index (Phi) is 6.77. The average Bonchev–Trinajstić information content (AvgIpc) is 2.68. The van der Waals surface area contributed by atoms with Gasteiger partial charge in [-0.3, -0.25) is 19.2 Å². The summed E-state index contributed by atoms with van der Waals surface area (Å²) in [4.78, 5) is 35.2. The number of amides is 1. The number of nitrogens with one attached hydrogen (secondary N) is 1. The predicted octanol–water partition coefficient (Wildman–Crippen LogP) is 2.48. The molecule has 1 amide bonds. The zero-order valence-electron chi connectivity index (χ0n) is 16.8. The van der Waals surface area contributed by atoms with Gasteiger partial charge in [0.15, 0.2) is 0 Å². The number of aryl methyl sites for hydroxylation is 1. The molecule has 0 unspecified atom stereocenters. The molecule has 0 spiro atoms. The highest BCUT2D eigenvalue weighted by molar-refractivity contribution is 7.92. The molecule has 0 bridgehead atoms. The summed E-state index contributed by atoms with van der Waals surface area (Å²) in [5.41, 5.74) is 0.368. The maximum atomic E-state index is 12.9. The molecule has 0 aliphatic heterocycles. The summed E-state index contributed by atoms with van der Waals surface area (Å²) >= 11 is 0. The molecular formula is C19H21N3O7S. The van der Waals surface area contributed by atoms with E-state index < -0.39 is 32.9 Å². The standard InChI is InChI=1S/C19H21N3O7S/c1-12-9-10-14(22(25)26)11-17(12)21(30(4,27)28)13(2)18(23)20-16-8-6-5-7-15(16)19(24)29-3/h5-11,13H,1-4H3,(H,20,23)/t13-/m1/s1. The van der Waals surface area contributed by atoms with Crippen LogP contribution in [0.15, 0.2) is 42.5 Å². The minimum atomic E-state index is -3.99. The molecule has 2 aromatic rings. The number of ether oxygens (including phenoxy) is 1. The van der Waals surface area contributed by atoms with Crippen LogP contribution in [0.25, 0.3) is 0 Å². The Hall–Kier alpha value is -3.47. The fraction of sp³-hybridized carbons (Fsp3) is 0.263. The maximum Gasteiger partial charge on any atom is 0.339 e. The van der Waals surface area contributed by atoms with Crippen molar-refractivity contribution >= 4 is 39.0 Å². The van der Waals surface area contributed by atoms with E-state index in [1.165, 1.54) is 38.3 Å². The minimum Gasteiger partial charge on any atom is -0.465 e. The molecule has 2 rings (SSSR count). The third-order valence-corrected chi connectivity index (χ3v) is 5.55. The molecule has 0 aromatic heterocycles. The van der Waals surface area contributed by atoms with E-state index in [1.807, 2.05) is 0 Å². The number of para-hydroxylation sites is 1. The normalized spacial score (nSPS) is 12.0. The summed E-state index contributed by atoms with van der Waals surface area (Å²) in [7, 11) is -2.80. The van der Waals surface area contributed by atoms with Gasteiger partial charge in [-0.1, -0.05) is 18.2 Å². The first-order chi connectivity index (χ1) is 14.0. The highest BCUT2D eigenvalue weighted by atomic mass is 32.2. The second-order valence-electron chi connectivity index (χ2n) is 6.49. The summed E-state index contributed by atoms with van der Waals surface area (Å²) in [5.74, 6) is -1.41. The van der Waals surface area contributed by atoms with Crippen LogP contribution in [-0.4, -0.2) is 44.6 Å². The van der Waals surface area contributed by atoms with Gasteiger partial charge in [0.1, 0.15) is 6.04 Å². The molecule has 2 aromatic carbocycles. The molecule has 0 heterocycles. The molecule has 30 heavy (non-hydrogen) atoms. The van der Waals surface area contributed by atoms with Crippen LogP contribution >= 0.6 is 0 Å². The number of nitrogens with zero attached hydrogens (tertiary/aromatic N) is 2. The third kappa shape index (κ3) is 4.92. The SMILES string of the molecule is COC(=O)c1ccccc1NC(=O)[C@@H](C)N(c1cc([N+](=O)[O-])ccc1C)S(C)(=O)=O. The van der Waals surface area contributed by atoms with E-state index in [0.29, 0.717) is 5.56 Å². The lowest BCUT2D eigenvalue weighted by Gasteiger charge is -2.29. The number of methoxy groups -OCH3 is 1. The third-order valence-electron chi connectivity index (χ3n) is 4.32. The van der Waals surface area contributed by atoms with Gasteiger partial charge < -0.3 is 10.1 Å². The van der Waals surface area contributed by atoms with Crippen LogP contribution in [0.3, 0.4) is 0 Å². The topological polar surface area (TPSA) is 136 Å². The zero-order valence-corrected chi connectivity index (χ0v) is 17.6. The van der Waals surface area contributed by atoms with Gasteiger partial charge in [0.25, 0.3) is 5.69 Å². The van der Waals surface area contributed by atoms with Crippen LogP contribution in [0.1, 0.15) is 22.8 Å². The number of esters is 1. The number of sulfonamides is 1. The first kappa shape index (κ1) is 22.8. The van der Waals surface area contributed by atoms with Crippen LogP contribution < -0.4 is 9.62 Å². The average molecular weight is 435 g/mol. The molecule has 0 saturated carbocycles. The Labute approximate surface area is 173 Å². The summed E-state index contributed by atoms with van der Waals surface area (Å²) in [6.45, 7) is 2.92. The van der Waals surface area contributed by atoms with E-state index in [2.05, 4.69) is 10.1 Å². The summed E-state index contributed by atoms with van der Waals surface area (Å²) in [6.07, 6.45) is 0.900. The van der Waals surface area contributed by atoms with Crippen molar-refractivity contribution in [2.45, 2.75) is 19.9 Å². The van der Waals surface area contributed by atoms with Crippen LogP contribution in [0, 0.1) is 17.0 Å². The van der Waals surface area contributed by atoms with Gasteiger partial charge in [-0.15, -0.1) is 0 Å². The Morgan fingerprint density at radius 2 is 1.83 bits per heavy atom. The van der Waals surface area contributed by atoms with E-state index in [-0.39, 0.29) is 22.6 Å². The van der Waals surface area contributed by atoms with E-state index in [4.69, 9.17) is 0 Å². The molecule has 0 radical (unpaired) electrons. The molecular weight excluding hydrogens is 414 g/mol. The van der Waals surface area contributed by atoms with Gasteiger partial charge in [0.05, 0.1) is 35.2 Å². The van der Waals surface area contributed by atoms with Crippen LogP contribution in [0.5, 0.6) is 0 Å². The first-order valence-electron chi connectivity index (χ1n) is 8.70. The van der Waals surface area contributed by atoms with Crippen molar-refractivity contribution in [2.24, 2.45) is 0 Å². The molecule has 0 aliphatic rings. The largest absolute Gasteiger partial charge is 0.465 e. The van der Waals surface area contributed by atoms with Crippen molar-refractivity contribution in [3.63, 3.8) is 0 Å². The molecule has 10 nitrogen and oxygen atoms in total. The van der Waals surface area contributed by atoms with Crippen molar-refractivity contribution in [2.75, 3.05) is 23.0 Å². The van der Waals surface area contributed by atoms with Crippen molar-refractivity contribution < 1.29 is 27.7 Å². The maximum absolute atomic E-state index is 12.9. The van der Waals surface area contributed by atoms with Gasteiger partial charge >= 0.3 is 5.97 Å². The number of carbonyl (C=O) groups is 2. The highest BCUT2D eigenvalue weighted by Gasteiger charge is 2.31. The van der Waals surface area contributed by atoms with Gasteiger partial charge in [0, 0.05) is 12.1 Å². The molecule has 0 fully saturated rings. The number of anilines is 2. The smallest absolute Gasteiger partial charge is 0.339 e. The molecule has 11 heteroatoms. The molecule has 1 atom stereocenters. The predicted molar refractivity (Wildman–Crippen MR) is 111 cm³/mol. The van der Waals surface area contributed by atoms with Crippen LogP contribution in [0.4, 0.5) is 17.1 Å². The Bertz CT molecular complexity index is 1100. The number of non-ortho nitro benzene ring substituents is 1. The fourth-order valence-corrected chi connectivity index (χ4v) is 4.07. The highest BCUT2D eigenvalue weighted by Crippen LogP contribution is 2.29. The number of nitro groups is 1. The van der Waals surface area contributed by atoms with Crippen molar-refractivity contribution in [3.8, 4) is 0 Å². The fourth-order valence-electron chi connectivity index (χ4n) is 2.85. The quantitative estimate of drug-likeness (QED) is 0.401. The van der Waals surface area contributed by atoms with Crippen molar-refractivity contribution in [1.82, 2.24) is 0 Å². The van der Waals surface area contributed by atoms with Gasteiger partial charge in [-0.2, -0.15) is 0 Å². The van der Waals surface area contributed by atoms with Gasteiger partial charge in [-0.25, -0.2) is 13.2 Å². The molecule has 160 valence electrons. The first-order valence-corrected chi connectivity index (χ1v) is 10.5.